The summed E-state index contributed by atoms with van der Waals surface area (Å²) in [5.74, 6) is 0.958. The average molecular weight is 333 g/mol. The lowest BCUT2D eigenvalue weighted by Crippen LogP contribution is -2.03. The topological polar surface area (TPSA) is 57.9 Å². The highest BCUT2D eigenvalue weighted by Gasteiger charge is 2.04. The Bertz CT molecular complexity index is 888. The second-order valence-electron chi connectivity index (χ2n) is 5.39. The summed E-state index contributed by atoms with van der Waals surface area (Å²) in [4.78, 5) is 4.16. The summed E-state index contributed by atoms with van der Waals surface area (Å²) in [6, 6.07) is 19.6. The molecule has 0 bridgehead atoms. The number of rotatable bonds is 6. The van der Waals surface area contributed by atoms with Gasteiger partial charge in [-0.1, -0.05) is 30.3 Å². The monoisotopic (exact) mass is 333 g/mol. The molecule has 3 aromatic rings. The van der Waals surface area contributed by atoms with E-state index >= 15 is 0 Å². The number of nitrogens with one attached hydrogen (secondary N) is 1. The predicted octanol–water partition coefficient (Wildman–Crippen LogP) is 4.28. The van der Waals surface area contributed by atoms with E-state index in [1.54, 1.807) is 36.5 Å². The third-order valence-electron chi connectivity index (χ3n) is 3.66. The van der Waals surface area contributed by atoms with Gasteiger partial charge < -0.3 is 10.1 Å². The first-order chi connectivity index (χ1) is 12.3. The van der Waals surface area contributed by atoms with Crippen molar-refractivity contribution in [3.05, 3.63) is 89.4 Å². The minimum absolute atomic E-state index is 0.184. The molecule has 0 amide bonds. The summed E-state index contributed by atoms with van der Waals surface area (Å²) < 4.78 is 19.2. The molecule has 0 aliphatic heterocycles. The maximum Gasteiger partial charge on any atom is 0.144 e. The van der Waals surface area contributed by atoms with E-state index in [-0.39, 0.29) is 12.4 Å². The lowest BCUT2D eigenvalue weighted by atomic mass is 10.2. The van der Waals surface area contributed by atoms with Crippen LogP contribution >= 0.6 is 0 Å². The van der Waals surface area contributed by atoms with Crippen molar-refractivity contribution >= 4 is 5.82 Å². The smallest absolute Gasteiger partial charge is 0.144 e. The molecule has 5 heteroatoms. The summed E-state index contributed by atoms with van der Waals surface area (Å²) in [5.41, 5.74) is 2.05. The highest BCUT2D eigenvalue weighted by molar-refractivity contribution is 5.51. The molecule has 0 unspecified atom stereocenters. The zero-order valence-corrected chi connectivity index (χ0v) is 13.4. The van der Waals surface area contributed by atoms with E-state index in [4.69, 9.17) is 10.00 Å². The molecular formula is C20H16FN3O. The first-order valence-corrected chi connectivity index (χ1v) is 7.80. The van der Waals surface area contributed by atoms with Crippen molar-refractivity contribution < 1.29 is 9.13 Å². The van der Waals surface area contributed by atoms with Crippen LogP contribution < -0.4 is 10.1 Å². The zero-order chi connectivity index (χ0) is 17.5. The van der Waals surface area contributed by atoms with E-state index in [1.807, 2.05) is 24.3 Å². The van der Waals surface area contributed by atoms with Crippen LogP contribution in [-0.4, -0.2) is 4.98 Å². The van der Waals surface area contributed by atoms with Crippen LogP contribution in [0.3, 0.4) is 0 Å². The van der Waals surface area contributed by atoms with Crippen LogP contribution in [0, 0.1) is 17.1 Å². The van der Waals surface area contributed by atoms with Gasteiger partial charge in [-0.2, -0.15) is 5.26 Å². The molecule has 124 valence electrons. The minimum Gasteiger partial charge on any atom is -0.489 e. The van der Waals surface area contributed by atoms with E-state index in [9.17, 15) is 4.39 Å². The fourth-order valence-corrected chi connectivity index (χ4v) is 2.30. The first-order valence-electron chi connectivity index (χ1n) is 7.80. The van der Waals surface area contributed by atoms with Crippen molar-refractivity contribution in [2.75, 3.05) is 5.32 Å². The van der Waals surface area contributed by atoms with Gasteiger partial charge in [0.05, 0.1) is 5.56 Å². The Morgan fingerprint density at radius 1 is 1.04 bits per heavy atom. The number of hydrogen-bond acceptors (Lipinski definition) is 4. The van der Waals surface area contributed by atoms with Gasteiger partial charge in [0, 0.05) is 18.3 Å². The van der Waals surface area contributed by atoms with Gasteiger partial charge in [-0.3, -0.25) is 0 Å². The molecule has 0 saturated heterocycles. The molecule has 4 nitrogen and oxygen atoms in total. The molecule has 0 atom stereocenters. The van der Waals surface area contributed by atoms with Crippen molar-refractivity contribution in [3.63, 3.8) is 0 Å². The van der Waals surface area contributed by atoms with Gasteiger partial charge in [0.15, 0.2) is 0 Å². The fourth-order valence-electron chi connectivity index (χ4n) is 2.30. The lowest BCUT2D eigenvalue weighted by molar-refractivity contribution is 0.300. The molecule has 0 radical (unpaired) electrons. The van der Waals surface area contributed by atoms with Crippen LogP contribution in [0.1, 0.15) is 16.7 Å². The lowest BCUT2D eigenvalue weighted by Gasteiger charge is -2.09. The van der Waals surface area contributed by atoms with Crippen LogP contribution in [0.2, 0.25) is 0 Å². The zero-order valence-electron chi connectivity index (χ0n) is 13.4. The van der Waals surface area contributed by atoms with E-state index in [1.165, 1.54) is 6.07 Å². The van der Waals surface area contributed by atoms with Gasteiger partial charge in [-0.25, -0.2) is 9.37 Å². The number of pyridine rings is 1. The SMILES string of the molecule is N#Cc1cccnc1NCc1ccc(OCc2ccccc2F)cc1. The Kier molecular flexibility index (Phi) is 5.22. The normalized spacial score (nSPS) is 10.1. The van der Waals surface area contributed by atoms with Gasteiger partial charge in [0.1, 0.15) is 30.1 Å². The minimum atomic E-state index is -0.271. The van der Waals surface area contributed by atoms with Crippen molar-refractivity contribution in [2.45, 2.75) is 13.2 Å². The number of hydrogen-bond donors (Lipinski definition) is 1. The second kappa shape index (κ2) is 7.93. The van der Waals surface area contributed by atoms with Crippen LogP contribution in [0.25, 0.3) is 0 Å². The van der Waals surface area contributed by atoms with E-state index in [0.717, 1.165) is 5.56 Å². The molecule has 25 heavy (non-hydrogen) atoms. The standard InChI is InChI=1S/C20H16FN3O/c21-19-6-2-1-4-17(19)14-25-18-9-7-15(8-10-18)13-24-20-16(12-22)5-3-11-23-20/h1-11H,13-14H2,(H,23,24). The number of ether oxygens (including phenoxy) is 1. The van der Waals surface area contributed by atoms with E-state index in [0.29, 0.717) is 29.2 Å². The van der Waals surface area contributed by atoms with Gasteiger partial charge in [-0.05, 0) is 35.9 Å². The summed E-state index contributed by atoms with van der Waals surface area (Å²) in [6.45, 7) is 0.725. The Labute approximate surface area is 145 Å². The van der Waals surface area contributed by atoms with Crippen molar-refractivity contribution in [3.8, 4) is 11.8 Å². The Hall–Kier alpha value is -3.39. The number of anilines is 1. The Morgan fingerprint density at radius 3 is 2.60 bits per heavy atom. The van der Waals surface area contributed by atoms with Crippen LogP contribution in [0.4, 0.5) is 10.2 Å². The number of benzene rings is 2. The van der Waals surface area contributed by atoms with Crippen LogP contribution in [0.5, 0.6) is 5.75 Å². The summed E-state index contributed by atoms with van der Waals surface area (Å²) >= 11 is 0. The van der Waals surface area contributed by atoms with E-state index < -0.39 is 0 Å². The fraction of sp³-hybridized carbons (Fsp3) is 0.100. The molecule has 0 fully saturated rings. The highest BCUT2D eigenvalue weighted by atomic mass is 19.1. The Morgan fingerprint density at radius 2 is 1.84 bits per heavy atom. The number of halogens is 1. The average Bonchev–Trinajstić information content (AvgIpc) is 2.67. The maximum atomic E-state index is 13.6. The molecule has 0 spiro atoms. The molecule has 1 N–H and O–H groups in total. The molecule has 0 aliphatic carbocycles. The maximum absolute atomic E-state index is 13.6. The quantitative estimate of drug-likeness (QED) is 0.731. The van der Waals surface area contributed by atoms with Gasteiger partial charge in [0.25, 0.3) is 0 Å². The largest absolute Gasteiger partial charge is 0.489 e. The first kappa shape index (κ1) is 16.5. The van der Waals surface area contributed by atoms with Gasteiger partial charge in [-0.15, -0.1) is 0 Å². The number of nitrogens with zero attached hydrogens (tertiary/aromatic N) is 2. The number of nitriles is 1. The molecule has 1 aromatic heterocycles. The summed E-state index contributed by atoms with van der Waals surface area (Å²) in [6.07, 6.45) is 1.64. The predicted molar refractivity (Wildman–Crippen MR) is 93.5 cm³/mol. The van der Waals surface area contributed by atoms with Crippen molar-refractivity contribution in [2.24, 2.45) is 0 Å². The molecule has 3 rings (SSSR count). The second-order valence-corrected chi connectivity index (χ2v) is 5.39. The van der Waals surface area contributed by atoms with Gasteiger partial charge in [0.2, 0.25) is 0 Å². The molecule has 1 heterocycles. The molecular weight excluding hydrogens is 317 g/mol. The van der Waals surface area contributed by atoms with Crippen LogP contribution in [0.15, 0.2) is 66.9 Å². The van der Waals surface area contributed by atoms with Crippen molar-refractivity contribution in [1.29, 1.82) is 5.26 Å². The third-order valence-corrected chi connectivity index (χ3v) is 3.66. The highest BCUT2D eigenvalue weighted by Crippen LogP contribution is 2.17. The van der Waals surface area contributed by atoms with Gasteiger partial charge >= 0.3 is 0 Å². The number of aromatic nitrogens is 1. The van der Waals surface area contributed by atoms with Crippen LogP contribution in [-0.2, 0) is 13.2 Å². The molecule has 0 saturated carbocycles. The van der Waals surface area contributed by atoms with Crippen molar-refractivity contribution in [1.82, 2.24) is 4.98 Å². The molecule has 2 aromatic carbocycles. The Balaban J connectivity index is 1.57. The van der Waals surface area contributed by atoms with E-state index in [2.05, 4.69) is 16.4 Å². The summed E-state index contributed by atoms with van der Waals surface area (Å²) in [7, 11) is 0. The molecule has 0 aliphatic rings. The third kappa shape index (κ3) is 4.33. The summed E-state index contributed by atoms with van der Waals surface area (Å²) in [5, 5.41) is 12.2.